The Morgan fingerprint density at radius 3 is 2.74 bits per heavy atom. The number of halogens is 2. The van der Waals surface area contributed by atoms with Crippen molar-refractivity contribution in [3.63, 3.8) is 0 Å². The normalized spacial score (nSPS) is 14.9. The molecule has 27 heavy (non-hydrogen) atoms. The third kappa shape index (κ3) is 10.3. The fraction of sp³-hybridized carbons (Fsp3) is 0.600. The molecule has 0 saturated heterocycles. The maximum Gasteiger partial charge on any atom is 0.220 e. The van der Waals surface area contributed by atoms with Gasteiger partial charge in [-0.05, 0) is 49.3 Å². The van der Waals surface area contributed by atoms with Gasteiger partial charge in [-0.3, -0.25) is 9.79 Å². The zero-order valence-electron chi connectivity index (χ0n) is 16.3. The van der Waals surface area contributed by atoms with Crippen molar-refractivity contribution in [2.24, 2.45) is 10.9 Å². The van der Waals surface area contributed by atoms with Crippen molar-refractivity contribution < 1.29 is 4.79 Å². The molecule has 1 aromatic carbocycles. The quantitative estimate of drug-likeness (QED) is 0.179. The lowest BCUT2D eigenvalue weighted by Crippen LogP contribution is -2.40. The molecule has 1 atom stereocenters. The van der Waals surface area contributed by atoms with Crippen LogP contribution < -0.4 is 16.0 Å². The van der Waals surface area contributed by atoms with E-state index in [4.69, 9.17) is 0 Å². The van der Waals surface area contributed by atoms with Crippen molar-refractivity contribution in [2.45, 2.75) is 51.5 Å². The maximum absolute atomic E-state index is 11.7. The second kappa shape index (κ2) is 13.4. The average molecular weight is 551 g/mol. The number of benzene rings is 1. The second-order valence-corrected chi connectivity index (χ2v) is 7.85. The first-order valence-corrected chi connectivity index (χ1v) is 10.4. The first-order valence-electron chi connectivity index (χ1n) is 9.59. The van der Waals surface area contributed by atoms with Crippen molar-refractivity contribution in [3.05, 3.63) is 34.3 Å². The van der Waals surface area contributed by atoms with Gasteiger partial charge in [0.15, 0.2) is 5.96 Å². The zero-order valence-corrected chi connectivity index (χ0v) is 20.2. The predicted octanol–water partition coefficient (Wildman–Crippen LogP) is 3.86. The standard InChI is InChI=1S/C20H31BrN4O.HI/c1-3-15(12-16-6-4-7-17(21)13-16)14-24-20(22-2)23-11-5-8-19(26)25-18-9-10-18;/h4,6-7,13,15,18H,3,5,8-12,14H2,1-2H3,(H,25,26)(H2,22,23,24);1H. The molecule has 0 aliphatic heterocycles. The Labute approximate surface area is 188 Å². The Bertz CT molecular complexity index is 607. The van der Waals surface area contributed by atoms with E-state index in [-0.39, 0.29) is 29.9 Å². The number of aliphatic imine (C=N–C) groups is 1. The van der Waals surface area contributed by atoms with E-state index >= 15 is 0 Å². The molecule has 152 valence electrons. The Kier molecular flexibility index (Phi) is 12.0. The molecule has 1 fully saturated rings. The van der Waals surface area contributed by atoms with E-state index in [2.05, 4.69) is 68.1 Å². The molecular weight excluding hydrogens is 519 g/mol. The van der Waals surface area contributed by atoms with Crippen LogP contribution in [0.2, 0.25) is 0 Å². The van der Waals surface area contributed by atoms with Crippen molar-refractivity contribution in [1.29, 1.82) is 0 Å². The number of nitrogens with one attached hydrogen (secondary N) is 3. The van der Waals surface area contributed by atoms with Crippen molar-refractivity contribution in [2.75, 3.05) is 20.1 Å². The molecule has 7 heteroatoms. The molecule has 0 heterocycles. The number of nitrogens with zero attached hydrogens (tertiary/aromatic N) is 1. The van der Waals surface area contributed by atoms with Crippen LogP contribution in [-0.2, 0) is 11.2 Å². The Hall–Kier alpha value is -0.830. The minimum absolute atomic E-state index is 0. The summed E-state index contributed by atoms with van der Waals surface area (Å²) in [6.07, 6.45) is 5.81. The molecule has 0 bridgehead atoms. The highest BCUT2D eigenvalue weighted by atomic mass is 127. The number of carbonyl (C=O) groups excluding carboxylic acids is 1. The summed E-state index contributed by atoms with van der Waals surface area (Å²) >= 11 is 3.54. The van der Waals surface area contributed by atoms with Gasteiger partial charge in [0.1, 0.15) is 0 Å². The van der Waals surface area contributed by atoms with Crippen LogP contribution in [0.25, 0.3) is 0 Å². The molecule has 0 spiro atoms. The molecular formula is C20H32BrIN4O. The number of carbonyl (C=O) groups is 1. The van der Waals surface area contributed by atoms with Gasteiger partial charge in [-0.15, -0.1) is 24.0 Å². The van der Waals surface area contributed by atoms with Crippen LogP contribution in [0.3, 0.4) is 0 Å². The number of hydrogen-bond acceptors (Lipinski definition) is 2. The van der Waals surface area contributed by atoms with Crippen molar-refractivity contribution in [1.82, 2.24) is 16.0 Å². The summed E-state index contributed by atoms with van der Waals surface area (Å²) in [5, 5.41) is 9.72. The third-order valence-corrected chi connectivity index (χ3v) is 5.08. The van der Waals surface area contributed by atoms with Crippen LogP contribution in [-0.4, -0.2) is 38.0 Å². The SMILES string of the molecule is CCC(CNC(=NC)NCCCC(=O)NC1CC1)Cc1cccc(Br)c1.I. The molecule has 1 aliphatic rings. The second-order valence-electron chi connectivity index (χ2n) is 6.93. The number of guanidine groups is 1. The molecule has 1 aromatic rings. The van der Waals surface area contributed by atoms with Crippen LogP contribution >= 0.6 is 39.9 Å². The van der Waals surface area contributed by atoms with Crippen molar-refractivity contribution >= 4 is 51.8 Å². The van der Waals surface area contributed by atoms with Crippen LogP contribution in [0.15, 0.2) is 33.7 Å². The number of amides is 1. The molecule has 1 aliphatic carbocycles. The van der Waals surface area contributed by atoms with Crippen LogP contribution in [0.1, 0.15) is 44.6 Å². The van der Waals surface area contributed by atoms with E-state index in [1.165, 1.54) is 5.56 Å². The summed E-state index contributed by atoms with van der Waals surface area (Å²) in [5.41, 5.74) is 1.35. The van der Waals surface area contributed by atoms with Gasteiger partial charge in [0.2, 0.25) is 5.91 Å². The Morgan fingerprint density at radius 1 is 1.33 bits per heavy atom. The number of rotatable bonds is 10. The van der Waals surface area contributed by atoms with Crippen molar-refractivity contribution in [3.8, 4) is 0 Å². The van der Waals surface area contributed by atoms with E-state index < -0.39 is 0 Å². The lowest BCUT2D eigenvalue weighted by molar-refractivity contribution is -0.121. The van der Waals surface area contributed by atoms with E-state index in [1.807, 2.05) is 0 Å². The highest BCUT2D eigenvalue weighted by Crippen LogP contribution is 2.18. The fourth-order valence-electron chi connectivity index (χ4n) is 2.80. The molecule has 0 radical (unpaired) electrons. The van der Waals surface area contributed by atoms with Crippen LogP contribution in [0.5, 0.6) is 0 Å². The van der Waals surface area contributed by atoms with Gasteiger partial charge in [0.25, 0.3) is 0 Å². The lowest BCUT2D eigenvalue weighted by atomic mass is 9.97. The predicted molar refractivity (Wildman–Crippen MR) is 127 cm³/mol. The summed E-state index contributed by atoms with van der Waals surface area (Å²) in [5.74, 6) is 1.52. The summed E-state index contributed by atoms with van der Waals surface area (Å²) in [6.45, 7) is 3.85. The summed E-state index contributed by atoms with van der Waals surface area (Å²) in [6, 6.07) is 8.94. The van der Waals surface area contributed by atoms with Gasteiger partial charge in [-0.1, -0.05) is 41.4 Å². The van der Waals surface area contributed by atoms with Crippen LogP contribution in [0.4, 0.5) is 0 Å². The summed E-state index contributed by atoms with van der Waals surface area (Å²) < 4.78 is 1.13. The largest absolute Gasteiger partial charge is 0.356 e. The Morgan fingerprint density at radius 2 is 2.11 bits per heavy atom. The van der Waals surface area contributed by atoms with Gasteiger partial charge in [-0.2, -0.15) is 0 Å². The molecule has 1 amide bonds. The zero-order chi connectivity index (χ0) is 18.8. The summed E-state index contributed by atoms with van der Waals surface area (Å²) in [7, 11) is 1.78. The molecule has 0 aromatic heterocycles. The van der Waals surface area contributed by atoms with E-state index in [0.29, 0.717) is 18.4 Å². The van der Waals surface area contributed by atoms with Gasteiger partial charge < -0.3 is 16.0 Å². The highest BCUT2D eigenvalue weighted by molar-refractivity contribution is 14.0. The topological polar surface area (TPSA) is 65.5 Å². The van der Waals surface area contributed by atoms with E-state index in [0.717, 1.165) is 55.6 Å². The van der Waals surface area contributed by atoms with Gasteiger partial charge in [0, 0.05) is 37.1 Å². The first-order chi connectivity index (χ1) is 12.6. The van der Waals surface area contributed by atoms with Gasteiger partial charge in [-0.25, -0.2) is 0 Å². The average Bonchev–Trinajstić information content (AvgIpc) is 3.43. The minimum atomic E-state index is 0. The van der Waals surface area contributed by atoms with E-state index in [1.54, 1.807) is 7.05 Å². The molecule has 5 nitrogen and oxygen atoms in total. The molecule has 1 unspecified atom stereocenters. The fourth-order valence-corrected chi connectivity index (χ4v) is 3.25. The number of hydrogen-bond donors (Lipinski definition) is 3. The van der Waals surface area contributed by atoms with Gasteiger partial charge >= 0.3 is 0 Å². The van der Waals surface area contributed by atoms with E-state index in [9.17, 15) is 4.79 Å². The molecule has 1 saturated carbocycles. The monoisotopic (exact) mass is 550 g/mol. The summed E-state index contributed by atoms with van der Waals surface area (Å²) in [4.78, 5) is 15.9. The Balaban J connectivity index is 0.00000364. The highest BCUT2D eigenvalue weighted by Gasteiger charge is 2.22. The van der Waals surface area contributed by atoms with Gasteiger partial charge in [0.05, 0.1) is 0 Å². The third-order valence-electron chi connectivity index (χ3n) is 4.59. The maximum atomic E-state index is 11.7. The molecule has 3 N–H and O–H groups in total. The minimum Gasteiger partial charge on any atom is -0.356 e. The van der Waals surface area contributed by atoms with Crippen LogP contribution in [0, 0.1) is 5.92 Å². The smallest absolute Gasteiger partial charge is 0.220 e. The first kappa shape index (κ1) is 24.2. The molecule has 2 rings (SSSR count). The lowest BCUT2D eigenvalue weighted by Gasteiger charge is -2.18.